The highest BCUT2D eigenvalue weighted by Gasteiger charge is 2.36. The maximum absolute atomic E-state index is 10.4. The van der Waals surface area contributed by atoms with Crippen LogP contribution in [0.3, 0.4) is 0 Å². The van der Waals surface area contributed by atoms with Gasteiger partial charge in [0.1, 0.15) is 0 Å². The lowest BCUT2D eigenvalue weighted by molar-refractivity contribution is 0.00833. The Labute approximate surface area is 98.2 Å². The van der Waals surface area contributed by atoms with Crippen LogP contribution in [0.1, 0.15) is 44.9 Å². The van der Waals surface area contributed by atoms with E-state index >= 15 is 0 Å². The van der Waals surface area contributed by atoms with E-state index in [0.717, 1.165) is 32.0 Å². The van der Waals surface area contributed by atoms with Crippen LogP contribution in [-0.2, 0) is 0 Å². The van der Waals surface area contributed by atoms with Crippen molar-refractivity contribution >= 4 is 0 Å². The summed E-state index contributed by atoms with van der Waals surface area (Å²) in [7, 11) is 0. The Balaban J connectivity index is 1.58. The van der Waals surface area contributed by atoms with Gasteiger partial charge < -0.3 is 10.4 Å². The highest BCUT2D eigenvalue weighted by atomic mass is 16.3. The average molecular weight is 224 g/mol. The summed E-state index contributed by atoms with van der Waals surface area (Å²) in [6.07, 6.45) is 8.44. The molecule has 3 heteroatoms. The zero-order valence-electron chi connectivity index (χ0n) is 10.1. The summed E-state index contributed by atoms with van der Waals surface area (Å²) < 4.78 is 0. The van der Waals surface area contributed by atoms with Crippen LogP contribution in [0.2, 0.25) is 0 Å². The minimum absolute atomic E-state index is 0.358. The molecule has 3 fully saturated rings. The van der Waals surface area contributed by atoms with Gasteiger partial charge in [0.05, 0.1) is 5.60 Å². The normalized spacial score (nSPS) is 38.8. The van der Waals surface area contributed by atoms with E-state index in [9.17, 15) is 5.11 Å². The number of hydrogen-bond donors (Lipinski definition) is 2. The third-order valence-electron chi connectivity index (χ3n) is 4.66. The summed E-state index contributed by atoms with van der Waals surface area (Å²) >= 11 is 0. The first-order chi connectivity index (χ1) is 7.73. The molecule has 92 valence electrons. The van der Waals surface area contributed by atoms with E-state index in [1.54, 1.807) is 0 Å². The fourth-order valence-electron chi connectivity index (χ4n) is 3.77. The molecule has 2 saturated heterocycles. The first kappa shape index (κ1) is 11.0. The molecule has 2 heterocycles. The number of hydrogen-bond acceptors (Lipinski definition) is 3. The summed E-state index contributed by atoms with van der Waals surface area (Å²) in [6.45, 7) is 3.24. The molecule has 0 aromatic heterocycles. The monoisotopic (exact) mass is 224 g/mol. The molecular weight excluding hydrogens is 200 g/mol. The fraction of sp³-hybridized carbons (Fsp3) is 1.00. The first-order valence-electron chi connectivity index (χ1n) is 6.94. The van der Waals surface area contributed by atoms with Crippen molar-refractivity contribution in [3.63, 3.8) is 0 Å². The number of nitrogens with one attached hydrogen (secondary N) is 1. The van der Waals surface area contributed by atoms with Gasteiger partial charge in [0.2, 0.25) is 0 Å². The molecule has 2 aliphatic heterocycles. The molecular formula is C13H24N2O. The SMILES string of the molecule is OC1(CN2CCC3CCC(C2)N3)CCCC1. The molecule has 0 spiro atoms. The summed E-state index contributed by atoms with van der Waals surface area (Å²) in [5.74, 6) is 0. The number of aliphatic hydroxyl groups is 1. The molecule has 3 rings (SSSR count). The molecule has 2 N–H and O–H groups in total. The fourth-order valence-corrected chi connectivity index (χ4v) is 3.77. The van der Waals surface area contributed by atoms with Gasteiger partial charge in [-0.2, -0.15) is 0 Å². The van der Waals surface area contributed by atoms with E-state index in [1.165, 1.54) is 38.6 Å². The van der Waals surface area contributed by atoms with Crippen molar-refractivity contribution in [1.82, 2.24) is 10.2 Å². The number of β-amino-alcohol motifs (C(OH)–C–C–N with tert-alkyl or cyclic N) is 1. The lowest BCUT2D eigenvalue weighted by Crippen LogP contribution is -2.44. The van der Waals surface area contributed by atoms with Gasteiger partial charge in [0.25, 0.3) is 0 Å². The maximum Gasteiger partial charge on any atom is 0.0774 e. The molecule has 2 bridgehead atoms. The van der Waals surface area contributed by atoms with Crippen molar-refractivity contribution in [1.29, 1.82) is 0 Å². The second-order valence-electron chi connectivity index (χ2n) is 6.09. The second kappa shape index (κ2) is 4.28. The van der Waals surface area contributed by atoms with Crippen molar-refractivity contribution in [3.05, 3.63) is 0 Å². The highest BCUT2D eigenvalue weighted by molar-refractivity contribution is 4.93. The van der Waals surface area contributed by atoms with Crippen LogP contribution in [0.5, 0.6) is 0 Å². The van der Waals surface area contributed by atoms with E-state index in [0.29, 0.717) is 6.04 Å². The molecule has 1 aliphatic carbocycles. The van der Waals surface area contributed by atoms with Crippen molar-refractivity contribution < 1.29 is 5.11 Å². The minimum Gasteiger partial charge on any atom is -0.389 e. The van der Waals surface area contributed by atoms with Gasteiger partial charge in [-0.05, 0) is 38.6 Å². The zero-order chi connectivity index (χ0) is 11.0. The molecule has 16 heavy (non-hydrogen) atoms. The van der Waals surface area contributed by atoms with Gasteiger partial charge in [-0.1, -0.05) is 12.8 Å². The van der Waals surface area contributed by atoms with Crippen molar-refractivity contribution in [2.24, 2.45) is 0 Å². The minimum atomic E-state index is -0.358. The smallest absolute Gasteiger partial charge is 0.0774 e. The quantitative estimate of drug-likeness (QED) is 0.738. The molecule has 3 aliphatic rings. The van der Waals surface area contributed by atoms with Crippen molar-refractivity contribution in [3.8, 4) is 0 Å². The van der Waals surface area contributed by atoms with Crippen LogP contribution in [0.15, 0.2) is 0 Å². The molecule has 2 unspecified atom stereocenters. The molecule has 3 nitrogen and oxygen atoms in total. The number of nitrogens with zero attached hydrogens (tertiary/aromatic N) is 1. The Morgan fingerprint density at radius 3 is 2.69 bits per heavy atom. The lowest BCUT2D eigenvalue weighted by Gasteiger charge is -2.32. The predicted molar refractivity (Wildman–Crippen MR) is 64.4 cm³/mol. The molecule has 1 saturated carbocycles. The molecule has 0 radical (unpaired) electrons. The average Bonchev–Trinajstić information content (AvgIpc) is 2.78. The van der Waals surface area contributed by atoms with Crippen molar-refractivity contribution in [2.45, 2.75) is 62.6 Å². The summed E-state index contributed by atoms with van der Waals surface area (Å²) in [5.41, 5.74) is -0.358. The van der Waals surface area contributed by atoms with Crippen LogP contribution in [0.25, 0.3) is 0 Å². The number of rotatable bonds is 2. The van der Waals surface area contributed by atoms with Crippen LogP contribution in [0.4, 0.5) is 0 Å². The maximum atomic E-state index is 10.4. The van der Waals surface area contributed by atoms with E-state index in [2.05, 4.69) is 10.2 Å². The Kier molecular flexibility index (Phi) is 2.94. The van der Waals surface area contributed by atoms with Gasteiger partial charge in [0.15, 0.2) is 0 Å². The van der Waals surface area contributed by atoms with Crippen LogP contribution >= 0.6 is 0 Å². The van der Waals surface area contributed by atoms with Crippen molar-refractivity contribution in [2.75, 3.05) is 19.6 Å². The third-order valence-corrected chi connectivity index (χ3v) is 4.66. The first-order valence-corrected chi connectivity index (χ1v) is 6.94. The number of likely N-dealkylation sites (tertiary alicyclic amines) is 1. The van der Waals surface area contributed by atoms with Gasteiger partial charge in [-0.25, -0.2) is 0 Å². The third kappa shape index (κ3) is 2.27. The van der Waals surface area contributed by atoms with Gasteiger partial charge in [-0.3, -0.25) is 4.90 Å². The predicted octanol–water partition coefficient (Wildman–Crippen LogP) is 1.12. The van der Waals surface area contributed by atoms with Gasteiger partial charge in [0, 0.05) is 25.2 Å². The topological polar surface area (TPSA) is 35.5 Å². The Bertz CT molecular complexity index is 250. The van der Waals surface area contributed by atoms with Crippen LogP contribution in [0, 0.1) is 0 Å². The second-order valence-corrected chi connectivity index (χ2v) is 6.09. The Morgan fingerprint density at radius 2 is 1.88 bits per heavy atom. The summed E-state index contributed by atoms with van der Waals surface area (Å²) in [4.78, 5) is 2.50. The largest absolute Gasteiger partial charge is 0.389 e. The van der Waals surface area contributed by atoms with E-state index in [-0.39, 0.29) is 5.60 Å². The van der Waals surface area contributed by atoms with Crippen LogP contribution < -0.4 is 5.32 Å². The lowest BCUT2D eigenvalue weighted by atomic mass is 10.0. The zero-order valence-corrected chi connectivity index (χ0v) is 10.1. The van der Waals surface area contributed by atoms with Gasteiger partial charge in [-0.15, -0.1) is 0 Å². The molecule has 0 aromatic carbocycles. The van der Waals surface area contributed by atoms with E-state index in [4.69, 9.17) is 0 Å². The molecule has 2 atom stereocenters. The standard InChI is InChI=1S/C13H24N2O/c16-13(6-1-2-7-13)10-15-8-5-11-3-4-12(9-15)14-11/h11-12,14,16H,1-10H2. The summed E-state index contributed by atoms with van der Waals surface area (Å²) in [6, 6.07) is 1.45. The van der Waals surface area contributed by atoms with Gasteiger partial charge >= 0.3 is 0 Å². The highest BCUT2D eigenvalue weighted by Crippen LogP contribution is 2.31. The summed E-state index contributed by atoms with van der Waals surface area (Å²) in [5, 5.41) is 14.1. The molecule has 0 amide bonds. The Hall–Kier alpha value is -0.120. The molecule has 0 aromatic rings. The van der Waals surface area contributed by atoms with E-state index in [1.807, 2.05) is 0 Å². The van der Waals surface area contributed by atoms with Crippen LogP contribution in [-0.4, -0.2) is 47.3 Å². The number of fused-ring (bicyclic) bond motifs is 2. The Morgan fingerprint density at radius 1 is 1.12 bits per heavy atom. The van der Waals surface area contributed by atoms with E-state index < -0.39 is 0 Å².